The van der Waals surface area contributed by atoms with Gasteiger partial charge in [-0.2, -0.15) is 0 Å². The average molecular weight is 225 g/mol. The van der Waals surface area contributed by atoms with Gasteiger partial charge in [-0.1, -0.05) is 0 Å². The third-order valence-electron chi connectivity index (χ3n) is 3.46. The molecule has 0 fully saturated rings. The fourth-order valence-corrected chi connectivity index (χ4v) is 1.96. The SMILES string of the molecule is CNC(C)(CO)CC(C)n1cnc(C)c1C. The van der Waals surface area contributed by atoms with Gasteiger partial charge in [0, 0.05) is 17.3 Å². The molecule has 0 aliphatic carbocycles. The van der Waals surface area contributed by atoms with E-state index in [2.05, 4.69) is 28.7 Å². The van der Waals surface area contributed by atoms with Crippen molar-refractivity contribution in [3.8, 4) is 0 Å². The molecule has 0 aliphatic heterocycles. The van der Waals surface area contributed by atoms with E-state index in [-0.39, 0.29) is 12.1 Å². The Morgan fingerprint density at radius 2 is 2.19 bits per heavy atom. The van der Waals surface area contributed by atoms with E-state index >= 15 is 0 Å². The Kier molecular flexibility index (Phi) is 4.10. The normalized spacial score (nSPS) is 17.1. The number of aryl methyl sites for hydroxylation is 1. The molecule has 0 radical (unpaired) electrons. The summed E-state index contributed by atoms with van der Waals surface area (Å²) >= 11 is 0. The van der Waals surface area contributed by atoms with Crippen LogP contribution in [0.1, 0.15) is 37.7 Å². The monoisotopic (exact) mass is 225 g/mol. The second kappa shape index (κ2) is 4.97. The maximum Gasteiger partial charge on any atom is 0.0953 e. The van der Waals surface area contributed by atoms with Gasteiger partial charge in [0.1, 0.15) is 0 Å². The molecule has 0 amide bonds. The van der Waals surface area contributed by atoms with Crippen LogP contribution in [0.25, 0.3) is 0 Å². The maximum atomic E-state index is 9.37. The zero-order chi connectivity index (χ0) is 12.3. The van der Waals surface area contributed by atoms with Crippen LogP contribution in [0.2, 0.25) is 0 Å². The van der Waals surface area contributed by atoms with E-state index in [4.69, 9.17) is 0 Å². The average Bonchev–Trinajstić information content (AvgIpc) is 2.59. The summed E-state index contributed by atoms with van der Waals surface area (Å²) in [5, 5.41) is 12.5. The zero-order valence-electron chi connectivity index (χ0n) is 10.9. The van der Waals surface area contributed by atoms with Crippen LogP contribution in [0.4, 0.5) is 0 Å². The Bertz CT molecular complexity index is 342. The summed E-state index contributed by atoms with van der Waals surface area (Å²) in [6, 6.07) is 0.325. The lowest BCUT2D eigenvalue weighted by atomic mass is 9.94. The Morgan fingerprint density at radius 3 is 2.56 bits per heavy atom. The van der Waals surface area contributed by atoms with Crippen LogP contribution in [0.3, 0.4) is 0 Å². The molecule has 0 aliphatic rings. The van der Waals surface area contributed by atoms with Crippen LogP contribution in [0.15, 0.2) is 6.33 Å². The molecule has 92 valence electrons. The van der Waals surface area contributed by atoms with E-state index in [1.165, 1.54) is 5.69 Å². The van der Waals surface area contributed by atoms with Crippen LogP contribution in [-0.4, -0.2) is 33.9 Å². The molecule has 4 heteroatoms. The highest BCUT2D eigenvalue weighted by molar-refractivity contribution is 5.09. The van der Waals surface area contributed by atoms with Crippen molar-refractivity contribution >= 4 is 0 Å². The molecule has 0 spiro atoms. The Morgan fingerprint density at radius 1 is 1.56 bits per heavy atom. The van der Waals surface area contributed by atoms with Crippen LogP contribution in [0.5, 0.6) is 0 Å². The fourth-order valence-electron chi connectivity index (χ4n) is 1.96. The number of aliphatic hydroxyl groups excluding tert-OH is 1. The largest absolute Gasteiger partial charge is 0.394 e. The molecule has 0 saturated carbocycles. The first-order valence-corrected chi connectivity index (χ1v) is 5.73. The number of nitrogens with zero attached hydrogens (tertiary/aromatic N) is 2. The molecule has 1 aromatic heterocycles. The number of hydrogen-bond acceptors (Lipinski definition) is 3. The first-order valence-electron chi connectivity index (χ1n) is 5.73. The minimum Gasteiger partial charge on any atom is -0.394 e. The van der Waals surface area contributed by atoms with Crippen molar-refractivity contribution in [3.63, 3.8) is 0 Å². The molecule has 1 rings (SSSR count). The van der Waals surface area contributed by atoms with Crippen molar-refractivity contribution in [2.24, 2.45) is 0 Å². The van der Waals surface area contributed by atoms with E-state index in [1.54, 1.807) is 0 Å². The van der Waals surface area contributed by atoms with Crippen molar-refractivity contribution < 1.29 is 5.11 Å². The molecular formula is C12H23N3O. The van der Waals surface area contributed by atoms with Crippen LogP contribution < -0.4 is 5.32 Å². The van der Waals surface area contributed by atoms with Crippen LogP contribution >= 0.6 is 0 Å². The molecule has 0 saturated heterocycles. The van der Waals surface area contributed by atoms with Gasteiger partial charge in [0.2, 0.25) is 0 Å². The molecular weight excluding hydrogens is 202 g/mol. The molecule has 2 unspecified atom stereocenters. The highest BCUT2D eigenvalue weighted by atomic mass is 16.3. The zero-order valence-corrected chi connectivity index (χ0v) is 10.9. The number of imidazole rings is 1. The Labute approximate surface area is 97.7 Å². The molecule has 0 bridgehead atoms. The molecule has 1 aromatic rings. The van der Waals surface area contributed by atoms with Gasteiger partial charge in [0.25, 0.3) is 0 Å². The third kappa shape index (κ3) is 2.62. The number of aromatic nitrogens is 2. The number of hydrogen-bond donors (Lipinski definition) is 2. The van der Waals surface area contributed by atoms with Gasteiger partial charge in [-0.3, -0.25) is 0 Å². The predicted molar refractivity (Wildman–Crippen MR) is 65.6 cm³/mol. The topological polar surface area (TPSA) is 50.1 Å². The molecule has 16 heavy (non-hydrogen) atoms. The third-order valence-corrected chi connectivity index (χ3v) is 3.46. The number of aliphatic hydroxyl groups is 1. The molecule has 4 nitrogen and oxygen atoms in total. The van der Waals surface area contributed by atoms with Gasteiger partial charge in [-0.25, -0.2) is 4.98 Å². The molecule has 2 atom stereocenters. The van der Waals surface area contributed by atoms with Crippen LogP contribution in [-0.2, 0) is 0 Å². The first kappa shape index (κ1) is 13.2. The summed E-state index contributed by atoms with van der Waals surface area (Å²) in [7, 11) is 1.88. The van der Waals surface area contributed by atoms with E-state index < -0.39 is 0 Å². The van der Waals surface area contributed by atoms with Crippen molar-refractivity contribution in [2.45, 2.75) is 45.7 Å². The van der Waals surface area contributed by atoms with Gasteiger partial charge in [-0.05, 0) is 41.2 Å². The summed E-state index contributed by atoms with van der Waals surface area (Å²) in [4.78, 5) is 4.30. The molecule has 1 heterocycles. The maximum absolute atomic E-state index is 9.37. The standard InChI is InChI=1S/C12H23N3O/c1-9(6-12(4,7-16)13-5)15-8-14-10(2)11(15)3/h8-9,13,16H,6-7H2,1-5H3. The lowest BCUT2D eigenvalue weighted by Gasteiger charge is -2.30. The minimum absolute atomic E-state index is 0.139. The second-order valence-electron chi connectivity index (χ2n) is 4.84. The van der Waals surface area contributed by atoms with Gasteiger partial charge in [0.05, 0.1) is 18.6 Å². The predicted octanol–water partition coefficient (Wildman–Crippen LogP) is 1.42. The quantitative estimate of drug-likeness (QED) is 0.797. The molecule has 2 N–H and O–H groups in total. The highest BCUT2D eigenvalue weighted by Gasteiger charge is 2.25. The van der Waals surface area contributed by atoms with Crippen molar-refractivity contribution in [1.29, 1.82) is 0 Å². The summed E-state index contributed by atoms with van der Waals surface area (Å²) in [5.41, 5.74) is 2.04. The van der Waals surface area contributed by atoms with Gasteiger partial charge >= 0.3 is 0 Å². The van der Waals surface area contributed by atoms with E-state index in [9.17, 15) is 5.11 Å². The van der Waals surface area contributed by atoms with Gasteiger partial charge in [0.15, 0.2) is 0 Å². The van der Waals surface area contributed by atoms with Crippen molar-refractivity contribution in [1.82, 2.24) is 14.9 Å². The number of likely N-dealkylation sites (N-methyl/N-ethyl adjacent to an activating group) is 1. The fraction of sp³-hybridized carbons (Fsp3) is 0.750. The lowest BCUT2D eigenvalue weighted by molar-refractivity contribution is 0.158. The smallest absolute Gasteiger partial charge is 0.0953 e. The summed E-state index contributed by atoms with van der Waals surface area (Å²) in [6.07, 6.45) is 2.75. The van der Waals surface area contributed by atoms with Crippen molar-refractivity contribution in [2.75, 3.05) is 13.7 Å². The highest BCUT2D eigenvalue weighted by Crippen LogP contribution is 2.22. The molecule has 0 aromatic carbocycles. The number of rotatable bonds is 5. The Hall–Kier alpha value is -0.870. The minimum atomic E-state index is -0.232. The first-order chi connectivity index (χ1) is 7.43. The van der Waals surface area contributed by atoms with Crippen LogP contribution in [0, 0.1) is 13.8 Å². The van der Waals surface area contributed by atoms with E-state index in [1.807, 2.05) is 27.2 Å². The number of nitrogens with one attached hydrogen (secondary N) is 1. The van der Waals surface area contributed by atoms with Crippen molar-refractivity contribution in [3.05, 3.63) is 17.7 Å². The Balaban J connectivity index is 2.79. The van der Waals surface area contributed by atoms with Gasteiger partial charge < -0.3 is 15.0 Å². The summed E-state index contributed by atoms with van der Waals surface area (Å²) in [6.45, 7) is 8.42. The summed E-state index contributed by atoms with van der Waals surface area (Å²) < 4.78 is 2.17. The van der Waals surface area contributed by atoms with E-state index in [0.29, 0.717) is 6.04 Å². The lowest BCUT2D eigenvalue weighted by Crippen LogP contribution is -2.44. The van der Waals surface area contributed by atoms with E-state index in [0.717, 1.165) is 12.1 Å². The second-order valence-corrected chi connectivity index (χ2v) is 4.84. The van der Waals surface area contributed by atoms with Gasteiger partial charge in [-0.15, -0.1) is 0 Å². The summed E-state index contributed by atoms with van der Waals surface area (Å²) in [5.74, 6) is 0.